The predicted molar refractivity (Wildman–Crippen MR) is 191 cm³/mol. The van der Waals surface area contributed by atoms with Crippen molar-refractivity contribution in [1.29, 1.82) is 0 Å². The van der Waals surface area contributed by atoms with Crippen LogP contribution in [0.15, 0.2) is 73.3 Å². The molecule has 0 unspecified atom stereocenters. The summed E-state index contributed by atoms with van der Waals surface area (Å²) in [5, 5.41) is 14.6. The van der Waals surface area contributed by atoms with E-state index in [1.54, 1.807) is 23.1 Å². The molecule has 2 aromatic heterocycles. The molecule has 0 radical (unpaired) electrons. The Morgan fingerprint density at radius 1 is 0.792 bits per heavy atom. The van der Waals surface area contributed by atoms with E-state index in [4.69, 9.17) is 16.7 Å². The number of fused-ring (bicyclic) bond motifs is 2. The van der Waals surface area contributed by atoms with Crippen LogP contribution >= 0.6 is 11.6 Å². The van der Waals surface area contributed by atoms with E-state index < -0.39 is 41.2 Å². The number of benzene rings is 2. The largest absolute Gasteiger partial charge is 0.406 e. The Balaban J connectivity index is 0.000000204. The highest BCUT2D eigenvalue weighted by atomic mass is 35.5. The van der Waals surface area contributed by atoms with Crippen molar-refractivity contribution in [2.45, 2.75) is 51.1 Å². The zero-order valence-corrected chi connectivity index (χ0v) is 29.8. The molecule has 3 N–H and O–H groups in total. The van der Waals surface area contributed by atoms with E-state index in [1.807, 2.05) is 19.9 Å². The van der Waals surface area contributed by atoms with Gasteiger partial charge in [0.25, 0.3) is 11.8 Å². The Kier molecular flexibility index (Phi) is 10.9. The van der Waals surface area contributed by atoms with E-state index in [1.165, 1.54) is 56.7 Å². The maximum absolute atomic E-state index is 13.7. The summed E-state index contributed by atoms with van der Waals surface area (Å²) in [7, 11) is 0. The maximum atomic E-state index is 13.7. The number of alkyl halides is 3. The Morgan fingerprint density at radius 3 is 1.79 bits per heavy atom. The maximum Gasteiger partial charge on any atom is 0.406 e. The minimum absolute atomic E-state index is 0.0104. The molecule has 2 aliphatic rings. The quantitative estimate of drug-likeness (QED) is 0.171. The lowest BCUT2D eigenvalue weighted by atomic mass is 9.86. The molecular formula is C37H35ClF4N6O5. The van der Waals surface area contributed by atoms with E-state index >= 15 is 0 Å². The van der Waals surface area contributed by atoms with Crippen LogP contribution in [0.25, 0.3) is 0 Å². The molecule has 4 amide bonds. The summed E-state index contributed by atoms with van der Waals surface area (Å²) in [6, 6.07) is 12.4. The number of rotatable bonds is 8. The fourth-order valence-electron chi connectivity index (χ4n) is 6.15. The van der Waals surface area contributed by atoms with Gasteiger partial charge < -0.3 is 25.5 Å². The molecule has 0 bridgehead atoms. The SMILES string of the molecule is CC1(C)C(=O)N(CC(F)(F)F)c2cc(NC(=O)c3ccncc3F)ccc21.CC1(C)C(=O)N(CCCO)c2cc(NC(=O)c3ccncc3Cl)ccc21. The molecule has 16 heteroatoms. The zero-order valence-electron chi connectivity index (χ0n) is 29.0. The number of carbonyl (C=O) groups excluding carboxylic acids is 4. The van der Waals surface area contributed by atoms with Crippen LogP contribution in [-0.4, -0.2) is 64.6 Å². The van der Waals surface area contributed by atoms with E-state index in [-0.39, 0.29) is 40.4 Å². The molecule has 0 spiro atoms. The second-order valence-corrected chi connectivity index (χ2v) is 13.8. The summed E-state index contributed by atoms with van der Waals surface area (Å²) in [4.78, 5) is 59.5. The number of amides is 4. The minimum Gasteiger partial charge on any atom is -0.396 e. The summed E-state index contributed by atoms with van der Waals surface area (Å²) in [6.45, 7) is 5.84. The third kappa shape index (κ3) is 8.00. The van der Waals surface area contributed by atoms with Crippen LogP contribution in [-0.2, 0) is 20.4 Å². The molecule has 6 rings (SSSR count). The lowest BCUT2D eigenvalue weighted by Crippen LogP contribution is -2.41. The van der Waals surface area contributed by atoms with Crippen molar-refractivity contribution < 1.29 is 41.8 Å². The van der Waals surface area contributed by atoms with Gasteiger partial charge in [-0.2, -0.15) is 13.2 Å². The molecule has 53 heavy (non-hydrogen) atoms. The van der Waals surface area contributed by atoms with Crippen LogP contribution in [0.4, 0.5) is 40.3 Å². The number of anilines is 4. The van der Waals surface area contributed by atoms with Gasteiger partial charge in [0.1, 0.15) is 6.54 Å². The van der Waals surface area contributed by atoms with E-state index in [9.17, 15) is 36.7 Å². The first-order chi connectivity index (χ1) is 24.9. The molecule has 11 nitrogen and oxygen atoms in total. The van der Waals surface area contributed by atoms with Gasteiger partial charge in [0, 0.05) is 48.8 Å². The lowest BCUT2D eigenvalue weighted by Gasteiger charge is -2.21. The van der Waals surface area contributed by atoms with Gasteiger partial charge >= 0.3 is 6.18 Å². The first-order valence-electron chi connectivity index (χ1n) is 16.3. The fraction of sp³-hybridized carbons (Fsp3) is 0.297. The van der Waals surface area contributed by atoms with E-state index in [0.29, 0.717) is 34.7 Å². The van der Waals surface area contributed by atoms with Crippen molar-refractivity contribution in [2.75, 3.05) is 40.1 Å². The molecule has 4 heterocycles. The monoisotopic (exact) mass is 754 g/mol. The van der Waals surface area contributed by atoms with Crippen molar-refractivity contribution in [3.8, 4) is 0 Å². The molecule has 0 atom stereocenters. The molecule has 278 valence electrons. The smallest absolute Gasteiger partial charge is 0.396 e. The van der Waals surface area contributed by atoms with Gasteiger partial charge in [0.2, 0.25) is 11.8 Å². The average molecular weight is 755 g/mol. The summed E-state index contributed by atoms with van der Waals surface area (Å²) >= 11 is 6.02. The van der Waals surface area contributed by atoms with Gasteiger partial charge in [-0.05, 0) is 81.6 Å². The third-order valence-corrected chi connectivity index (χ3v) is 9.21. The molecule has 2 aliphatic heterocycles. The normalized spacial score (nSPS) is 15.4. The highest BCUT2D eigenvalue weighted by Gasteiger charge is 2.48. The number of aliphatic hydroxyl groups excluding tert-OH is 1. The summed E-state index contributed by atoms with van der Waals surface area (Å²) in [5.74, 6) is -2.64. The molecule has 0 aliphatic carbocycles. The van der Waals surface area contributed by atoms with Gasteiger partial charge in [0.15, 0.2) is 5.82 Å². The molecule has 2 aromatic carbocycles. The summed E-state index contributed by atoms with van der Waals surface area (Å²) < 4.78 is 52.3. The number of hydrogen-bond acceptors (Lipinski definition) is 7. The van der Waals surface area contributed by atoms with E-state index in [2.05, 4.69) is 20.6 Å². The highest BCUT2D eigenvalue weighted by Crippen LogP contribution is 2.45. The Morgan fingerprint density at radius 2 is 1.28 bits per heavy atom. The topological polar surface area (TPSA) is 145 Å². The zero-order chi connectivity index (χ0) is 38.9. The van der Waals surface area contributed by atoms with Gasteiger partial charge in [-0.15, -0.1) is 0 Å². The Labute approximate surface area is 307 Å². The van der Waals surface area contributed by atoms with Crippen LogP contribution in [0.1, 0.15) is 66.0 Å². The number of aromatic nitrogens is 2. The van der Waals surface area contributed by atoms with Gasteiger partial charge in [0.05, 0.1) is 38.9 Å². The number of halogens is 5. The van der Waals surface area contributed by atoms with Gasteiger partial charge in [-0.25, -0.2) is 4.39 Å². The molecule has 4 aromatic rings. The van der Waals surface area contributed by atoms with Gasteiger partial charge in [-0.1, -0.05) is 23.7 Å². The fourth-order valence-corrected chi connectivity index (χ4v) is 6.35. The van der Waals surface area contributed by atoms with Gasteiger partial charge in [-0.3, -0.25) is 29.1 Å². The first kappa shape index (κ1) is 38.8. The lowest BCUT2D eigenvalue weighted by molar-refractivity contribution is -0.134. The van der Waals surface area contributed by atoms with Crippen molar-refractivity contribution >= 4 is 58.0 Å². The van der Waals surface area contributed by atoms with Crippen molar-refractivity contribution in [1.82, 2.24) is 9.97 Å². The van der Waals surface area contributed by atoms with Crippen LogP contribution < -0.4 is 20.4 Å². The summed E-state index contributed by atoms with van der Waals surface area (Å²) in [5.41, 5.74) is 1.17. The first-order valence-corrected chi connectivity index (χ1v) is 16.7. The number of hydrogen-bond donors (Lipinski definition) is 3. The second kappa shape index (κ2) is 14.9. The predicted octanol–water partition coefficient (Wildman–Crippen LogP) is 6.65. The number of nitrogens with one attached hydrogen (secondary N) is 2. The highest BCUT2D eigenvalue weighted by molar-refractivity contribution is 6.34. The molecule has 0 saturated carbocycles. The van der Waals surface area contributed by atoms with Crippen LogP contribution in [0.3, 0.4) is 0 Å². The standard InChI is InChI=1S/C19H20ClN3O3.C18H15F4N3O2/c1-19(2)14-5-4-12(10-16(14)23(18(19)26)8-3-9-24)22-17(25)13-6-7-21-11-15(13)20;1-17(2)12-4-3-10(24-15(26)11-5-6-23-8-13(11)19)7-14(12)25(16(17)27)9-18(20,21)22/h4-7,10-11,24H,3,8-9H2,1-2H3,(H,22,25);3-8H,9H2,1-2H3,(H,24,26). The number of carbonyl (C=O) groups is 4. The van der Waals surface area contributed by atoms with Crippen molar-refractivity contribution in [3.63, 3.8) is 0 Å². The van der Waals surface area contributed by atoms with Crippen molar-refractivity contribution in [3.05, 3.63) is 106 Å². The molecule has 0 saturated heterocycles. The number of pyridine rings is 2. The minimum atomic E-state index is -4.58. The van der Waals surface area contributed by atoms with Crippen LogP contribution in [0.5, 0.6) is 0 Å². The van der Waals surface area contributed by atoms with E-state index in [0.717, 1.165) is 17.4 Å². The third-order valence-electron chi connectivity index (χ3n) is 8.91. The Bertz CT molecular complexity index is 2090. The van der Waals surface area contributed by atoms with Crippen molar-refractivity contribution in [2.24, 2.45) is 0 Å². The average Bonchev–Trinajstić information content (AvgIpc) is 3.39. The summed E-state index contributed by atoms with van der Waals surface area (Å²) in [6.07, 6.45) is 0.951. The number of nitrogens with zero attached hydrogens (tertiary/aromatic N) is 4. The molecule has 0 fully saturated rings. The number of aliphatic hydroxyl groups is 1. The Hall–Kier alpha value is -5.41. The molecular weight excluding hydrogens is 720 g/mol. The second-order valence-electron chi connectivity index (χ2n) is 13.4. The van der Waals surface area contributed by atoms with Crippen LogP contribution in [0.2, 0.25) is 5.02 Å². The van der Waals surface area contributed by atoms with Crippen LogP contribution in [0, 0.1) is 5.82 Å².